The van der Waals surface area contributed by atoms with E-state index in [0.29, 0.717) is 25.4 Å². The Kier molecular flexibility index (Phi) is 9.24. The smallest absolute Gasteiger partial charge is 0.347 e. The van der Waals surface area contributed by atoms with Crippen LogP contribution in [-0.2, 0) is 26.3 Å². The first-order valence-electron chi connectivity index (χ1n) is 11.5. The number of benzene rings is 2. The van der Waals surface area contributed by atoms with Gasteiger partial charge in [-0.05, 0) is 61.1 Å². The number of amides is 1. The summed E-state index contributed by atoms with van der Waals surface area (Å²) in [6, 6.07) is 13.4. The molecule has 7 nitrogen and oxygen atoms in total. The molecule has 2 N–H and O–H groups in total. The summed E-state index contributed by atoms with van der Waals surface area (Å²) in [6.07, 6.45) is 0. The molecule has 0 spiro atoms. The second-order valence-corrected chi connectivity index (χ2v) is 10.1. The van der Waals surface area contributed by atoms with Crippen LogP contribution in [0.15, 0.2) is 42.5 Å². The minimum atomic E-state index is -1.31. The van der Waals surface area contributed by atoms with E-state index in [2.05, 4.69) is 38.2 Å². The number of ether oxygens (including phenoxy) is 2. The van der Waals surface area contributed by atoms with Crippen molar-refractivity contribution in [2.45, 2.75) is 59.1 Å². The Balaban J connectivity index is 2.04. The maximum Gasteiger partial charge on any atom is 0.347 e. The average molecular weight is 471 g/mol. The lowest BCUT2D eigenvalue weighted by Gasteiger charge is -2.24. The first-order valence-corrected chi connectivity index (χ1v) is 11.5. The predicted octanol–water partition coefficient (Wildman–Crippen LogP) is 4.62. The van der Waals surface area contributed by atoms with Gasteiger partial charge >= 0.3 is 5.97 Å². The number of rotatable bonds is 11. The Labute approximate surface area is 203 Å². The first kappa shape index (κ1) is 27.3. The third-order valence-corrected chi connectivity index (χ3v) is 5.56. The molecule has 0 unspecified atom stereocenters. The van der Waals surface area contributed by atoms with Gasteiger partial charge in [0.15, 0.2) is 5.60 Å². The molecule has 0 bridgehead atoms. The summed E-state index contributed by atoms with van der Waals surface area (Å²) in [5.74, 6) is -0.644. The summed E-state index contributed by atoms with van der Waals surface area (Å²) in [4.78, 5) is 26.1. The second-order valence-electron chi connectivity index (χ2n) is 10.1. The van der Waals surface area contributed by atoms with Crippen molar-refractivity contribution in [3.8, 4) is 5.75 Å². The number of hydrogen-bond donors (Lipinski definition) is 2. The van der Waals surface area contributed by atoms with Gasteiger partial charge in [0.05, 0.1) is 13.2 Å². The molecule has 34 heavy (non-hydrogen) atoms. The van der Waals surface area contributed by atoms with Crippen LogP contribution in [0.5, 0.6) is 5.75 Å². The molecule has 0 radical (unpaired) electrons. The van der Waals surface area contributed by atoms with Crippen LogP contribution in [0.25, 0.3) is 0 Å². The third kappa shape index (κ3) is 8.15. The lowest BCUT2D eigenvalue weighted by molar-refractivity contribution is -0.152. The second kappa shape index (κ2) is 11.5. The number of anilines is 1. The number of aryl methyl sites for hydroxylation is 1. The molecule has 7 heteroatoms. The lowest BCUT2D eigenvalue weighted by atomic mass is 9.86. The summed E-state index contributed by atoms with van der Waals surface area (Å²) >= 11 is 0. The number of nitrogens with one attached hydrogen (secondary N) is 1. The summed E-state index contributed by atoms with van der Waals surface area (Å²) in [6.45, 7) is 13.4. The van der Waals surface area contributed by atoms with Crippen molar-refractivity contribution in [2.24, 2.45) is 0 Å². The van der Waals surface area contributed by atoms with Crippen molar-refractivity contribution in [2.75, 3.05) is 32.1 Å². The zero-order valence-electron chi connectivity index (χ0n) is 21.4. The molecule has 0 atom stereocenters. The van der Waals surface area contributed by atoms with Gasteiger partial charge in [0, 0.05) is 25.9 Å². The highest BCUT2D eigenvalue weighted by Crippen LogP contribution is 2.26. The molecule has 2 aromatic carbocycles. The van der Waals surface area contributed by atoms with Gasteiger partial charge in [0.1, 0.15) is 5.75 Å². The SMILES string of the molecule is COCCN(CC(=O)Nc1ccc(C(C)(C)C)cc1C)Cc1ccc(OC(C)(C)C(=O)O)cc1. The number of carboxylic acid groups (broad SMARTS) is 1. The number of methoxy groups -OCH3 is 1. The maximum atomic E-state index is 12.8. The van der Waals surface area contributed by atoms with Crippen LogP contribution in [0.4, 0.5) is 5.69 Å². The minimum absolute atomic E-state index is 0.0498. The molecule has 1 amide bonds. The lowest BCUT2D eigenvalue weighted by Crippen LogP contribution is -2.37. The fourth-order valence-corrected chi connectivity index (χ4v) is 3.36. The van der Waals surface area contributed by atoms with Crippen LogP contribution < -0.4 is 10.1 Å². The van der Waals surface area contributed by atoms with Gasteiger partial charge in [0.25, 0.3) is 0 Å². The standard InChI is InChI=1S/C27H38N2O5/c1-19-16-21(26(2,3)4)10-13-23(19)28-24(30)18-29(14-15-33-7)17-20-8-11-22(12-9-20)34-27(5,6)25(31)32/h8-13,16H,14-15,17-18H2,1-7H3,(H,28,30)(H,31,32). The highest BCUT2D eigenvalue weighted by atomic mass is 16.5. The zero-order chi connectivity index (χ0) is 25.5. The molecule has 0 aliphatic heterocycles. The molecule has 0 saturated carbocycles. The topological polar surface area (TPSA) is 88.1 Å². The van der Waals surface area contributed by atoms with Gasteiger partial charge in [-0.3, -0.25) is 9.69 Å². The van der Waals surface area contributed by atoms with Crippen LogP contribution in [0, 0.1) is 6.92 Å². The van der Waals surface area contributed by atoms with E-state index < -0.39 is 11.6 Å². The van der Waals surface area contributed by atoms with Crippen molar-refractivity contribution in [1.82, 2.24) is 4.90 Å². The van der Waals surface area contributed by atoms with Gasteiger partial charge in [0.2, 0.25) is 5.91 Å². The number of carboxylic acids is 1. The van der Waals surface area contributed by atoms with E-state index >= 15 is 0 Å². The largest absolute Gasteiger partial charge is 0.478 e. The molecule has 0 aliphatic rings. The van der Waals surface area contributed by atoms with Crippen LogP contribution in [-0.4, -0.2) is 54.3 Å². The van der Waals surface area contributed by atoms with Gasteiger partial charge in [-0.2, -0.15) is 0 Å². The Bertz CT molecular complexity index is 978. The number of aliphatic carboxylic acids is 1. The molecule has 2 rings (SSSR count). The van der Waals surface area contributed by atoms with E-state index in [4.69, 9.17) is 9.47 Å². The van der Waals surface area contributed by atoms with Crippen molar-refractivity contribution in [1.29, 1.82) is 0 Å². The molecule has 0 aliphatic carbocycles. The molecule has 0 saturated heterocycles. The highest BCUT2D eigenvalue weighted by molar-refractivity contribution is 5.93. The molecule has 0 heterocycles. The van der Waals surface area contributed by atoms with Crippen molar-refractivity contribution in [3.63, 3.8) is 0 Å². The van der Waals surface area contributed by atoms with E-state index in [0.717, 1.165) is 16.8 Å². The van der Waals surface area contributed by atoms with E-state index in [-0.39, 0.29) is 17.9 Å². The van der Waals surface area contributed by atoms with E-state index in [1.54, 1.807) is 19.2 Å². The highest BCUT2D eigenvalue weighted by Gasteiger charge is 2.29. The number of carbonyl (C=O) groups is 2. The van der Waals surface area contributed by atoms with E-state index in [1.807, 2.05) is 30.0 Å². The molecular formula is C27H38N2O5. The Morgan fingerprint density at radius 2 is 1.68 bits per heavy atom. The van der Waals surface area contributed by atoms with Crippen molar-refractivity contribution in [3.05, 3.63) is 59.2 Å². The van der Waals surface area contributed by atoms with Crippen LogP contribution >= 0.6 is 0 Å². The van der Waals surface area contributed by atoms with Crippen LogP contribution in [0.1, 0.15) is 51.3 Å². The predicted molar refractivity (Wildman–Crippen MR) is 134 cm³/mol. The molecule has 2 aromatic rings. The quantitative estimate of drug-likeness (QED) is 0.498. The first-order chi connectivity index (χ1) is 15.8. The summed E-state index contributed by atoms with van der Waals surface area (Å²) in [7, 11) is 1.63. The minimum Gasteiger partial charge on any atom is -0.478 e. The summed E-state index contributed by atoms with van der Waals surface area (Å²) in [5, 5.41) is 12.3. The summed E-state index contributed by atoms with van der Waals surface area (Å²) < 4.78 is 10.8. The van der Waals surface area contributed by atoms with Crippen LogP contribution in [0.2, 0.25) is 0 Å². The molecule has 186 valence electrons. The number of hydrogen-bond acceptors (Lipinski definition) is 5. The van der Waals surface area contributed by atoms with E-state index in [1.165, 1.54) is 19.4 Å². The third-order valence-electron chi connectivity index (χ3n) is 5.56. The fraction of sp³-hybridized carbons (Fsp3) is 0.481. The van der Waals surface area contributed by atoms with Gasteiger partial charge < -0.3 is 19.9 Å². The Morgan fingerprint density at radius 1 is 1.03 bits per heavy atom. The number of nitrogens with zero attached hydrogens (tertiary/aromatic N) is 1. The van der Waals surface area contributed by atoms with Gasteiger partial charge in [-0.25, -0.2) is 4.79 Å². The van der Waals surface area contributed by atoms with Crippen molar-refractivity contribution < 1.29 is 24.2 Å². The molecule has 0 fully saturated rings. The average Bonchev–Trinajstić information content (AvgIpc) is 2.73. The maximum absolute atomic E-state index is 12.8. The van der Waals surface area contributed by atoms with Gasteiger partial charge in [-0.15, -0.1) is 0 Å². The monoisotopic (exact) mass is 470 g/mol. The van der Waals surface area contributed by atoms with Gasteiger partial charge in [-0.1, -0.05) is 45.0 Å². The van der Waals surface area contributed by atoms with E-state index in [9.17, 15) is 14.7 Å². The van der Waals surface area contributed by atoms with Crippen molar-refractivity contribution >= 4 is 17.6 Å². The van der Waals surface area contributed by atoms with Crippen LogP contribution in [0.3, 0.4) is 0 Å². The summed E-state index contributed by atoms with van der Waals surface area (Å²) in [5.41, 5.74) is 2.79. The Hall–Kier alpha value is -2.90. The fourth-order valence-electron chi connectivity index (χ4n) is 3.36. The molecule has 0 aromatic heterocycles. The normalized spacial score (nSPS) is 12.0. The molecular weight excluding hydrogens is 432 g/mol. The Morgan fingerprint density at radius 3 is 2.21 bits per heavy atom. The number of carbonyl (C=O) groups excluding carboxylic acids is 1. The zero-order valence-corrected chi connectivity index (χ0v) is 21.4.